The zero-order valence-corrected chi connectivity index (χ0v) is 11.5. The number of ketones is 1. The molecule has 0 bridgehead atoms. The maximum atomic E-state index is 12.1. The van der Waals surface area contributed by atoms with Gasteiger partial charge in [-0.1, -0.05) is 5.57 Å². The van der Waals surface area contributed by atoms with Gasteiger partial charge in [-0.2, -0.15) is 0 Å². The molecule has 0 unspecified atom stereocenters. The minimum Gasteiger partial charge on any atom is -0.322 e. The van der Waals surface area contributed by atoms with Crippen LogP contribution in [0.3, 0.4) is 0 Å². The molecule has 1 amide bonds. The van der Waals surface area contributed by atoms with Crippen molar-refractivity contribution in [3.63, 3.8) is 0 Å². The van der Waals surface area contributed by atoms with Crippen molar-refractivity contribution in [1.29, 1.82) is 0 Å². The summed E-state index contributed by atoms with van der Waals surface area (Å²) >= 11 is 0. The highest BCUT2D eigenvalue weighted by atomic mass is 16.2. The monoisotopic (exact) mass is 273 g/mol. The Morgan fingerprint density at radius 3 is 2.30 bits per heavy atom. The zero-order chi connectivity index (χ0) is 14.9. The third-order valence-corrected chi connectivity index (χ3v) is 2.85. The molecule has 0 aliphatic heterocycles. The molecular weight excluding hydrogens is 258 g/mol. The van der Waals surface area contributed by atoms with Crippen LogP contribution in [0.5, 0.6) is 0 Å². The number of H-pyrrole nitrogens is 2. The minimum atomic E-state index is -0.449. The zero-order valence-electron chi connectivity index (χ0n) is 11.5. The summed E-state index contributed by atoms with van der Waals surface area (Å²) in [4.78, 5) is 39.9. The summed E-state index contributed by atoms with van der Waals surface area (Å²) in [6.45, 7) is 4.78. The number of carbonyl (C=O) groups excluding carboxylic acids is 2. The summed E-state index contributed by atoms with van der Waals surface area (Å²) in [5.74, 6) is -0.728. The first kappa shape index (κ1) is 13.8. The summed E-state index contributed by atoms with van der Waals surface area (Å²) in [7, 11) is 0. The van der Waals surface area contributed by atoms with E-state index < -0.39 is 5.91 Å². The van der Waals surface area contributed by atoms with Crippen LogP contribution in [0.2, 0.25) is 0 Å². The van der Waals surface area contributed by atoms with E-state index in [1.54, 1.807) is 32.0 Å². The van der Waals surface area contributed by atoms with Crippen molar-refractivity contribution in [3.05, 3.63) is 39.8 Å². The number of aromatic nitrogens is 2. The molecule has 0 aliphatic carbocycles. The third-order valence-electron chi connectivity index (χ3n) is 2.85. The molecule has 104 valence electrons. The molecule has 6 heteroatoms. The highest BCUT2D eigenvalue weighted by molar-refractivity contribution is 6.23. The number of hydrogen-bond donors (Lipinski definition) is 3. The number of rotatable bonds is 3. The Bertz CT molecular complexity index is 776. The largest absolute Gasteiger partial charge is 0.323 e. The average Bonchev–Trinajstić information content (AvgIpc) is 2.67. The molecule has 0 saturated carbocycles. The maximum Gasteiger partial charge on any atom is 0.323 e. The molecule has 1 aromatic carbocycles. The van der Waals surface area contributed by atoms with Gasteiger partial charge in [-0.3, -0.25) is 9.59 Å². The first-order chi connectivity index (χ1) is 9.38. The lowest BCUT2D eigenvalue weighted by molar-refractivity contribution is -0.119. The summed E-state index contributed by atoms with van der Waals surface area (Å²) in [6.07, 6.45) is 0. The number of aromatic amines is 2. The van der Waals surface area contributed by atoms with Crippen LogP contribution >= 0.6 is 0 Å². The van der Waals surface area contributed by atoms with Gasteiger partial charge in [0.1, 0.15) is 0 Å². The Balaban J connectivity index is 2.32. The highest BCUT2D eigenvalue weighted by Gasteiger charge is 2.16. The summed E-state index contributed by atoms with van der Waals surface area (Å²) in [5, 5.41) is 2.65. The van der Waals surface area contributed by atoms with Gasteiger partial charge < -0.3 is 15.3 Å². The Hall–Kier alpha value is -2.63. The van der Waals surface area contributed by atoms with E-state index >= 15 is 0 Å². The normalized spacial score (nSPS) is 10.3. The van der Waals surface area contributed by atoms with Crippen LogP contribution < -0.4 is 11.0 Å². The van der Waals surface area contributed by atoms with Crippen LogP contribution in [-0.4, -0.2) is 21.7 Å². The van der Waals surface area contributed by atoms with E-state index in [2.05, 4.69) is 15.3 Å². The molecule has 6 nitrogen and oxygen atoms in total. The van der Waals surface area contributed by atoms with Crippen molar-refractivity contribution in [2.45, 2.75) is 20.8 Å². The van der Waals surface area contributed by atoms with E-state index in [1.807, 2.05) is 0 Å². The fraction of sp³-hybridized carbons (Fsp3) is 0.214. The molecule has 1 heterocycles. The maximum absolute atomic E-state index is 12.1. The van der Waals surface area contributed by atoms with E-state index in [0.717, 1.165) is 0 Å². The van der Waals surface area contributed by atoms with Gasteiger partial charge in [0.05, 0.1) is 16.6 Å². The van der Waals surface area contributed by atoms with Crippen molar-refractivity contribution < 1.29 is 9.59 Å². The van der Waals surface area contributed by atoms with Gasteiger partial charge in [-0.15, -0.1) is 0 Å². The second kappa shape index (κ2) is 5.16. The number of fused-ring (bicyclic) bond motifs is 1. The quantitative estimate of drug-likeness (QED) is 0.451. The lowest BCUT2D eigenvalue weighted by Crippen LogP contribution is -2.20. The second-order valence-corrected chi connectivity index (χ2v) is 4.72. The van der Waals surface area contributed by atoms with E-state index in [4.69, 9.17) is 0 Å². The number of amides is 1. The number of allylic oxidation sites excluding steroid dienone is 1. The second-order valence-electron chi connectivity index (χ2n) is 4.72. The smallest absolute Gasteiger partial charge is 0.322 e. The predicted octanol–water partition coefficient (Wildman–Crippen LogP) is 1.72. The molecular formula is C14H15N3O3. The SMILES string of the molecule is CC(=O)C(C(=O)Nc1ccc2[nH]c(=O)[nH]c2c1)=C(C)C. The van der Waals surface area contributed by atoms with Gasteiger partial charge in [0.25, 0.3) is 5.91 Å². The minimum absolute atomic E-state index is 0.146. The molecule has 0 radical (unpaired) electrons. The molecule has 3 N–H and O–H groups in total. The average molecular weight is 273 g/mol. The van der Waals surface area contributed by atoms with E-state index in [0.29, 0.717) is 22.3 Å². The lowest BCUT2D eigenvalue weighted by atomic mass is 10.1. The van der Waals surface area contributed by atoms with Crippen LogP contribution in [0.25, 0.3) is 11.0 Å². The fourth-order valence-electron chi connectivity index (χ4n) is 2.04. The Morgan fingerprint density at radius 2 is 1.70 bits per heavy atom. The lowest BCUT2D eigenvalue weighted by Gasteiger charge is -2.08. The predicted molar refractivity (Wildman–Crippen MR) is 76.6 cm³/mol. The number of nitrogens with one attached hydrogen (secondary N) is 3. The number of hydrogen-bond acceptors (Lipinski definition) is 3. The number of anilines is 1. The van der Waals surface area contributed by atoms with Crippen LogP contribution in [0.15, 0.2) is 34.1 Å². The summed E-state index contributed by atoms with van der Waals surface area (Å²) < 4.78 is 0. The van der Waals surface area contributed by atoms with E-state index in [-0.39, 0.29) is 17.0 Å². The molecule has 0 aliphatic rings. The summed E-state index contributed by atoms with van der Waals surface area (Å²) in [5.41, 5.74) is 2.25. The van der Waals surface area contributed by atoms with Gasteiger partial charge in [-0.25, -0.2) is 4.79 Å². The third kappa shape index (κ3) is 2.69. The molecule has 2 aromatic rings. The Morgan fingerprint density at radius 1 is 1.05 bits per heavy atom. The number of benzene rings is 1. The molecule has 0 saturated heterocycles. The molecule has 1 aromatic heterocycles. The van der Waals surface area contributed by atoms with Crippen molar-refractivity contribution >= 4 is 28.4 Å². The van der Waals surface area contributed by atoms with E-state index in [1.165, 1.54) is 6.92 Å². The topological polar surface area (TPSA) is 94.8 Å². The van der Waals surface area contributed by atoms with E-state index in [9.17, 15) is 14.4 Å². The fourth-order valence-corrected chi connectivity index (χ4v) is 2.04. The Labute approximate surface area is 114 Å². The first-order valence-corrected chi connectivity index (χ1v) is 6.10. The number of Topliss-reactive ketones (excluding diaryl/α,β-unsaturated/α-hetero) is 1. The standard InChI is InChI=1S/C14H15N3O3/c1-7(2)12(8(3)18)13(19)15-9-4-5-10-11(6-9)17-14(20)16-10/h4-6H,1-3H3,(H,15,19)(H2,16,17,20). The Kier molecular flexibility index (Phi) is 3.56. The highest BCUT2D eigenvalue weighted by Crippen LogP contribution is 2.16. The van der Waals surface area contributed by atoms with Gasteiger partial charge in [0.2, 0.25) is 0 Å². The van der Waals surface area contributed by atoms with Crippen molar-refractivity contribution in [2.24, 2.45) is 0 Å². The van der Waals surface area contributed by atoms with Gasteiger partial charge >= 0.3 is 5.69 Å². The number of carbonyl (C=O) groups is 2. The first-order valence-electron chi connectivity index (χ1n) is 6.10. The number of imidazole rings is 1. The van der Waals surface area contributed by atoms with Crippen LogP contribution in [0, 0.1) is 0 Å². The van der Waals surface area contributed by atoms with Crippen molar-refractivity contribution in [2.75, 3.05) is 5.32 Å². The molecule has 0 fully saturated rings. The van der Waals surface area contributed by atoms with Crippen molar-refractivity contribution in [3.8, 4) is 0 Å². The molecule has 0 atom stereocenters. The van der Waals surface area contributed by atoms with Crippen molar-refractivity contribution in [1.82, 2.24) is 9.97 Å². The van der Waals surface area contributed by atoms with Gasteiger partial charge in [-0.05, 0) is 39.0 Å². The summed E-state index contributed by atoms with van der Waals surface area (Å²) in [6, 6.07) is 4.97. The molecule has 2 rings (SSSR count). The van der Waals surface area contributed by atoms with Crippen LogP contribution in [0.1, 0.15) is 20.8 Å². The van der Waals surface area contributed by atoms with Crippen LogP contribution in [-0.2, 0) is 9.59 Å². The molecule has 0 spiro atoms. The van der Waals surface area contributed by atoms with Gasteiger partial charge in [0.15, 0.2) is 5.78 Å². The molecule has 20 heavy (non-hydrogen) atoms. The van der Waals surface area contributed by atoms with Gasteiger partial charge in [0, 0.05) is 5.69 Å². The van der Waals surface area contributed by atoms with Crippen LogP contribution in [0.4, 0.5) is 5.69 Å².